The Morgan fingerprint density at radius 3 is 2.70 bits per heavy atom. The van der Waals surface area contributed by atoms with E-state index in [1.807, 2.05) is 24.3 Å². The Hall–Kier alpha value is -2.18. The lowest BCUT2D eigenvalue weighted by Gasteiger charge is -2.29. The molecule has 142 valence electrons. The van der Waals surface area contributed by atoms with E-state index in [-0.39, 0.29) is 24.7 Å². The number of fused-ring (bicyclic) bond motifs is 1. The van der Waals surface area contributed by atoms with Gasteiger partial charge in [-0.05, 0) is 36.4 Å². The Balaban J connectivity index is 1.38. The number of rotatable bonds is 7. The van der Waals surface area contributed by atoms with Crippen molar-refractivity contribution < 1.29 is 14.3 Å². The highest BCUT2D eigenvalue weighted by molar-refractivity contribution is 7.99. The fourth-order valence-electron chi connectivity index (χ4n) is 2.76. The first-order valence-corrected chi connectivity index (χ1v) is 10.2. The van der Waals surface area contributed by atoms with E-state index in [1.165, 1.54) is 0 Å². The number of carbonyl (C=O) groups is 2. The first-order chi connectivity index (χ1) is 13.1. The van der Waals surface area contributed by atoms with Crippen molar-refractivity contribution in [2.24, 2.45) is 0 Å². The van der Waals surface area contributed by atoms with Crippen LogP contribution in [-0.2, 0) is 9.59 Å². The maximum Gasteiger partial charge on any atom is 0.227 e. The molecule has 1 N–H and O–H groups in total. The Kier molecular flexibility index (Phi) is 7.01. The van der Waals surface area contributed by atoms with Gasteiger partial charge in [0.25, 0.3) is 0 Å². The summed E-state index contributed by atoms with van der Waals surface area (Å²) in [6, 6.07) is 14.9. The number of anilines is 1. The predicted octanol–water partition coefficient (Wildman–Crippen LogP) is 3.75. The van der Waals surface area contributed by atoms with Crippen LogP contribution in [0.2, 0.25) is 5.02 Å². The summed E-state index contributed by atoms with van der Waals surface area (Å²) in [6.07, 6.45) is 0.370. The lowest BCUT2D eigenvalue weighted by molar-refractivity contribution is -0.125. The summed E-state index contributed by atoms with van der Waals surface area (Å²) in [4.78, 5) is 27.4. The van der Waals surface area contributed by atoms with E-state index in [9.17, 15) is 9.59 Å². The number of amides is 2. The summed E-state index contributed by atoms with van der Waals surface area (Å²) in [5.74, 6) is 1.40. The first-order valence-electron chi connectivity index (χ1n) is 8.81. The van der Waals surface area contributed by atoms with Gasteiger partial charge in [0, 0.05) is 35.1 Å². The zero-order valence-corrected chi connectivity index (χ0v) is 16.4. The topological polar surface area (TPSA) is 58.6 Å². The zero-order chi connectivity index (χ0) is 19.1. The van der Waals surface area contributed by atoms with Crippen LogP contribution in [0.5, 0.6) is 5.75 Å². The van der Waals surface area contributed by atoms with Gasteiger partial charge >= 0.3 is 0 Å². The summed E-state index contributed by atoms with van der Waals surface area (Å²) in [6.45, 7) is 1.42. The van der Waals surface area contributed by atoms with E-state index in [1.54, 1.807) is 40.9 Å². The van der Waals surface area contributed by atoms with Crippen molar-refractivity contribution in [1.29, 1.82) is 0 Å². The number of benzene rings is 2. The molecule has 27 heavy (non-hydrogen) atoms. The van der Waals surface area contributed by atoms with Crippen LogP contribution in [-0.4, -0.2) is 37.3 Å². The second kappa shape index (κ2) is 9.67. The molecule has 1 aliphatic rings. The highest BCUT2D eigenvalue weighted by atomic mass is 35.5. The van der Waals surface area contributed by atoms with Crippen molar-refractivity contribution in [2.45, 2.75) is 17.7 Å². The molecule has 0 atom stereocenters. The van der Waals surface area contributed by atoms with Crippen molar-refractivity contribution in [3.05, 3.63) is 53.6 Å². The Morgan fingerprint density at radius 2 is 1.89 bits per heavy atom. The molecule has 2 aromatic rings. The molecule has 0 fully saturated rings. The highest BCUT2D eigenvalue weighted by Crippen LogP contribution is 2.34. The molecule has 3 rings (SSSR count). The van der Waals surface area contributed by atoms with Gasteiger partial charge in [0.1, 0.15) is 12.4 Å². The molecule has 0 radical (unpaired) electrons. The number of hydrogen-bond acceptors (Lipinski definition) is 4. The summed E-state index contributed by atoms with van der Waals surface area (Å²) >= 11 is 7.57. The Morgan fingerprint density at radius 1 is 1.11 bits per heavy atom. The Labute approximate surface area is 168 Å². The van der Waals surface area contributed by atoms with E-state index < -0.39 is 0 Å². The largest absolute Gasteiger partial charge is 0.492 e. The average molecular weight is 405 g/mol. The monoisotopic (exact) mass is 404 g/mol. The van der Waals surface area contributed by atoms with Gasteiger partial charge in [-0.3, -0.25) is 9.59 Å². The van der Waals surface area contributed by atoms with Gasteiger partial charge in [0.05, 0.1) is 12.2 Å². The second-order valence-electron chi connectivity index (χ2n) is 6.01. The second-order valence-corrected chi connectivity index (χ2v) is 7.59. The van der Waals surface area contributed by atoms with E-state index in [2.05, 4.69) is 5.32 Å². The van der Waals surface area contributed by atoms with Gasteiger partial charge < -0.3 is 15.0 Å². The van der Waals surface area contributed by atoms with Crippen molar-refractivity contribution in [3.63, 3.8) is 0 Å². The Bertz CT molecular complexity index is 798. The highest BCUT2D eigenvalue weighted by Gasteiger charge is 2.22. The normalized spacial score (nSPS) is 13.0. The van der Waals surface area contributed by atoms with Crippen LogP contribution in [0, 0.1) is 0 Å². The smallest absolute Gasteiger partial charge is 0.227 e. The maximum absolute atomic E-state index is 12.5. The van der Waals surface area contributed by atoms with Crippen LogP contribution in [0.1, 0.15) is 12.8 Å². The first kappa shape index (κ1) is 19.6. The third kappa shape index (κ3) is 5.65. The standard InChI is InChI=1S/C20H21ClN2O3S/c21-15-5-7-16(8-6-15)26-13-11-22-19(24)9-10-20(25)23-12-14-27-18-4-2-1-3-17(18)23/h1-8H,9-14H2,(H,22,24). The number of hydrogen-bond donors (Lipinski definition) is 1. The molecular formula is C20H21ClN2O3S. The molecule has 7 heteroatoms. The van der Waals surface area contributed by atoms with Crippen molar-refractivity contribution in [2.75, 3.05) is 30.3 Å². The predicted molar refractivity (Wildman–Crippen MR) is 109 cm³/mol. The van der Waals surface area contributed by atoms with E-state index in [4.69, 9.17) is 16.3 Å². The molecular weight excluding hydrogens is 384 g/mol. The molecule has 1 aliphatic heterocycles. The van der Waals surface area contributed by atoms with E-state index in [0.717, 1.165) is 16.3 Å². The minimum absolute atomic E-state index is 0.0182. The van der Waals surface area contributed by atoms with Crippen LogP contribution >= 0.6 is 23.4 Å². The third-order valence-electron chi connectivity index (χ3n) is 4.10. The lowest BCUT2D eigenvalue weighted by Crippen LogP contribution is -2.36. The molecule has 2 aromatic carbocycles. The van der Waals surface area contributed by atoms with Gasteiger partial charge in [-0.2, -0.15) is 0 Å². The number of halogens is 1. The lowest BCUT2D eigenvalue weighted by atomic mass is 10.2. The van der Waals surface area contributed by atoms with Gasteiger partial charge in [-0.1, -0.05) is 23.7 Å². The minimum atomic E-state index is -0.150. The molecule has 0 unspecified atom stereocenters. The maximum atomic E-state index is 12.5. The van der Waals surface area contributed by atoms with Crippen molar-refractivity contribution in [3.8, 4) is 5.75 Å². The minimum Gasteiger partial charge on any atom is -0.492 e. The molecule has 0 saturated heterocycles. The van der Waals surface area contributed by atoms with E-state index >= 15 is 0 Å². The van der Waals surface area contributed by atoms with Gasteiger partial charge in [0.2, 0.25) is 11.8 Å². The summed E-state index contributed by atoms with van der Waals surface area (Å²) < 4.78 is 5.52. The van der Waals surface area contributed by atoms with Crippen LogP contribution in [0.25, 0.3) is 0 Å². The molecule has 1 heterocycles. The van der Waals surface area contributed by atoms with Gasteiger partial charge in [0.15, 0.2) is 0 Å². The number of thioether (sulfide) groups is 1. The summed E-state index contributed by atoms with van der Waals surface area (Å²) in [5.41, 5.74) is 0.940. The molecule has 0 saturated carbocycles. The van der Waals surface area contributed by atoms with Gasteiger partial charge in [-0.25, -0.2) is 0 Å². The fraction of sp³-hybridized carbons (Fsp3) is 0.300. The zero-order valence-electron chi connectivity index (χ0n) is 14.8. The quantitative estimate of drug-likeness (QED) is 0.714. The molecule has 0 aliphatic carbocycles. The number of nitrogens with one attached hydrogen (secondary N) is 1. The number of carbonyl (C=O) groups excluding carboxylic acids is 2. The van der Waals surface area contributed by atoms with Crippen LogP contribution < -0.4 is 15.0 Å². The number of nitrogens with zero attached hydrogens (tertiary/aromatic N) is 1. The average Bonchev–Trinajstić information content (AvgIpc) is 2.70. The number of ether oxygens (including phenoxy) is 1. The van der Waals surface area contributed by atoms with Crippen LogP contribution in [0.4, 0.5) is 5.69 Å². The molecule has 0 bridgehead atoms. The molecule has 5 nitrogen and oxygen atoms in total. The molecule has 0 aromatic heterocycles. The van der Waals surface area contributed by atoms with Crippen LogP contribution in [0.15, 0.2) is 53.4 Å². The van der Waals surface area contributed by atoms with E-state index in [0.29, 0.717) is 30.5 Å². The summed E-state index contributed by atoms with van der Waals surface area (Å²) in [7, 11) is 0. The van der Waals surface area contributed by atoms with Crippen molar-refractivity contribution >= 4 is 40.9 Å². The third-order valence-corrected chi connectivity index (χ3v) is 5.40. The SMILES string of the molecule is O=C(CCC(=O)N1CCSc2ccccc21)NCCOc1ccc(Cl)cc1. The molecule has 0 spiro atoms. The summed E-state index contributed by atoms with van der Waals surface area (Å²) in [5, 5.41) is 3.43. The molecule has 2 amide bonds. The van der Waals surface area contributed by atoms with Gasteiger partial charge in [-0.15, -0.1) is 11.8 Å². The van der Waals surface area contributed by atoms with Crippen molar-refractivity contribution in [1.82, 2.24) is 5.32 Å². The fourth-order valence-corrected chi connectivity index (χ4v) is 3.88. The van der Waals surface area contributed by atoms with Crippen LogP contribution in [0.3, 0.4) is 0 Å². The number of para-hydroxylation sites is 1.